The molecule has 62 valence electrons. The average Bonchev–Trinajstić information content (AvgIpc) is 1.72. The summed E-state index contributed by atoms with van der Waals surface area (Å²) in [5.74, 6) is 0. The molecule has 10 heavy (non-hydrogen) atoms. The highest BCUT2D eigenvalue weighted by molar-refractivity contribution is 5.85. The summed E-state index contributed by atoms with van der Waals surface area (Å²) in [4.78, 5) is 0. The molecular weight excluding hydrogens is 183 g/mol. The zero-order valence-electron chi connectivity index (χ0n) is 4.28. The molecule has 0 saturated carbocycles. The van der Waals surface area contributed by atoms with E-state index in [0.717, 1.165) is 0 Å². The van der Waals surface area contributed by atoms with E-state index < -0.39 is 0 Å². The predicted octanol–water partition coefficient (Wildman–Crippen LogP) is 1.71. The van der Waals surface area contributed by atoms with Crippen LogP contribution < -0.4 is 0 Å². The standard InChI is InChI=1S/C6H6.CH4.2ClH.H4Si/c1-2-4-6-5-3-1;;;;/h1-6H;1H4;2*1H;1H4. The van der Waals surface area contributed by atoms with E-state index in [1.54, 1.807) is 0 Å². The number of halogens is 2. The Kier molecular flexibility index (Phi) is 36.0. The number of hydrogen-bond acceptors (Lipinski definition) is 0. The van der Waals surface area contributed by atoms with E-state index in [4.69, 9.17) is 0 Å². The highest BCUT2D eigenvalue weighted by Gasteiger charge is 1.57. The van der Waals surface area contributed by atoms with Crippen molar-refractivity contribution in [3.05, 3.63) is 36.4 Å². The molecular formula is C7H16Cl2Si. The Morgan fingerprint density at radius 2 is 0.600 bits per heavy atom. The summed E-state index contributed by atoms with van der Waals surface area (Å²) in [5.41, 5.74) is 0. The fraction of sp³-hybridized carbons (Fsp3) is 0.143. The molecule has 0 heterocycles. The van der Waals surface area contributed by atoms with Crippen molar-refractivity contribution in [3.8, 4) is 0 Å². The molecule has 0 N–H and O–H groups in total. The molecule has 1 rings (SSSR count). The molecule has 1 aromatic carbocycles. The van der Waals surface area contributed by atoms with Crippen LogP contribution in [0.3, 0.4) is 0 Å². The highest BCUT2D eigenvalue weighted by atomic mass is 35.5. The number of rotatable bonds is 0. The first-order chi connectivity index (χ1) is 3.00. The van der Waals surface area contributed by atoms with Gasteiger partial charge in [-0.25, -0.2) is 0 Å². The minimum absolute atomic E-state index is 0. The maximum atomic E-state index is 2.00. The van der Waals surface area contributed by atoms with Gasteiger partial charge in [0.1, 0.15) is 0 Å². The number of benzene rings is 1. The average molecular weight is 199 g/mol. The molecule has 0 aliphatic rings. The van der Waals surface area contributed by atoms with Gasteiger partial charge in [-0.05, 0) is 11.0 Å². The lowest BCUT2D eigenvalue weighted by molar-refractivity contribution is 1.72. The van der Waals surface area contributed by atoms with E-state index in [9.17, 15) is 0 Å². The Hall–Kier alpha value is 0.0169. The van der Waals surface area contributed by atoms with Crippen molar-refractivity contribution in [2.24, 2.45) is 0 Å². The molecule has 0 fully saturated rings. The first kappa shape index (κ1) is 22.5. The maximum Gasteiger partial charge on any atom is -0.0149 e. The first-order valence-electron chi connectivity index (χ1n) is 2.00. The Morgan fingerprint density at radius 3 is 0.700 bits per heavy atom. The zero-order chi connectivity index (χ0) is 4.24. The monoisotopic (exact) mass is 198 g/mol. The normalized spacial score (nSPS) is 4.80. The van der Waals surface area contributed by atoms with Crippen LogP contribution >= 0.6 is 24.8 Å². The topological polar surface area (TPSA) is 0 Å². The van der Waals surface area contributed by atoms with Gasteiger partial charge in [0.25, 0.3) is 0 Å². The van der Waals surface area contributed by atoms with Crippen molar-refractivity contribution in [3.63, 3.8) is 0 Å². The van der Waals surface area contributed by atoms with Crippen LogP contribution in [0, 0.1) is 0 Å². The molecule has 0 atom stereocenters. The van der Waals surface area contributed by atoms with Crippen LogP contribution in [0.15, 0.2) is 36.4 Å². The third-order valence-corrected chi connectivity index (χ3v) is 0.667. The molecule has 0 spiro atoms. The van der Waals surface area contributed by atoms with Crippen LogP contribution in [-0.2, 0) is 0 Å². The Morgan fingerprint density at radius 1 is 0.500 bits per heavy atom. The molecule has 1 aromatic rings. The van der Waals surface area contributed by atoms with Crippen LogP contribution in [0.5, 0.6) is 0 Å². The third-order valence-electron chi connectivity index (χ3n) is 0.667. The van der Waals surface area contributed by atoms with Crippen LogP contribution in [0.4, 0.5) is 0 Å². The summed E-state index contributed by atoms with van der Waals surface area (Å²) < 4.78 is 0. The van der Waals surface area contributed by atoms with Gasteiger partial charge in [0, 0.05) is 0 Å². The summed E-state index contributed by atoms with van der Waals surface area (Å²) in [6, 6.07) is 12.0. The molecule has 0 radical (unpaired) electrons. The van der Waals surface area contributed by atoms with E-state index in [0.29, 0.717) is 0 Å². The molecule has 0 aromatic heterocycles. The second-order valence-corrected chi connectivity index (χ2v) is 1.15. The molecule has 0 amide bonds. The summed E-state index contributed by atoms with van der Waals surface area (Å²) in [6.07, 6.45) is 0. The Bertz CT molecular complexity index is 83.5. The van der Waals surface area contributed by atoms with Gasteiger partial charge in [0.2, 0.25) is 0 Å². The lowest BCUT2D eigenvalue weighted by Crippen LogP contribution is -1.47. The van der Waals surface area contributed by atoms with Crippen molar-refractivity contribution < 1.29 is 0 Å². The molecule has 0 saturated heterocycles. The molecule has 0 aliphatic heterocycles. The number of hydrogen-bond donors (Lipinski definition) is 0. The molecule has 0 bridgehead atoms. The van der Waals surface area contributed by atoms with Gasteiger partial charge in [-0.1, -0.05) is 43.8 Å². The second kappa shape index (κ2) is 16.0. The summed E-state index contributed by atoms with van der Waals surface area (Å²) >= 11 is 0. The molecule has 0 aliphatic carbocycles. The van der Waals surface area contributed by atoms with E-state index in [1.807, 2.05) is 36.4 Å². The molecule has 0 nitrogen and oxygen atoms in total. The minimum atomic E-state index is 0. The van der Waals surface area contributed by atoms with Gasteiger partial charge < -0.3 is 0 Å². The first-order valence-corrected chi connectivity index (χ1v) is 2.00. The van der Waals surface area contributed by atoms with E-state index in [2.05, 4.69) is 0 Å². The van der Waals surface area contributed by atoms with E-state index >= 15 is 0 Å². The van der Waals surface area contributed by atoms with E-state index in [-0.39, 0.29) is 43.2 Å². The lowest BCUT2D eigenvalue weighted by atomic mass is 10.4. The van der Waals surface area contributed by atoms with Crippen molar-refractivity contribution in [2.75, 3.05) is 0 Å². The van der Waals surface area contributed by atoms with Crippen LogP contribution in [0.1, 0.15) is 7.43 Å². The molecule has 3 heteroatoms. The van der Waals surface area contributed by atoms with Crippen LogP contribution in [-0.4, -0.2) is 11.0 Å². The maximum absolute atomic E-state index is 2.00. The van der Waals surface area contributed by atoms with Gasteiger partial charge in [0.05, 0.1) is 0 Å². The van der Waals surface area contributed by atoms with E-state index in [1.165, 1.54) is 0 Å². The van der Waals surface area contributed by atoms with Crippen molar-refractivity contribution in [2.45, 2.75) is 7.43 Å². The largest absolute Gasteiger partial charge is 0.147 e. The minimum Gasteiger partial charge on any atom is -0.147 e. The second-order valence-electron chi connectivity index (χ2n) is 1.15. The predicted molar refractivity (Wildman–Crippen MR) is 59.0 cm³/mol. The fourth-order valence-electron chi connectivity index (χ4n) is 0.385. The summed E-state index contributed by atoms with van der Waals surface area (Å²) in [7, 11) is 0. The van der Waals surface area contributed by atoms with Gasteiger partial charge in [-0.2, -0.15) is 0 Å². The SMILES string of the molecule is C.Cl.Cl.[SiH4].c1ccccc1. The Balaban J connectivity index is -0.0000000450. The molecule has 0 unspecified atom stereocenters. The third kappa shape index (κ3) is 10.9. The van der Waals surface area contributed by atoms with Gasteiger partial charge in [0.15, 0.2) is 0 Å². The highest BCUT2D eigenvalue weighted by Crippen LogP contribution is 1.79. The van der Waals surface area contributed by atoms with Crippen LogP contribution in [0.25, 0.3) is 0 Å². The smallest absolute Gasteiger partial charge is 0.0149 e. The quantitative estimate of drug-likeness (QED) is 0.558. The van der Waals surface area contributed by atoms with Crippen molar-refractivity contribution in [1.29, 1.82) is 0 Å². The summed E-state index contributed by atoms with van der Waals surface area (Å²) in [6.45, 7) is 0. The lowest BCUT2D eigenvalue weighted by Gasteiger charge is -1.69. The summed E-state index contributed by atoms with van der Waals surface area (Å²) in [5, 5.41) is 0. The van der Waals surface area contributed by atoms with Crippen molar-refractivity contribution >= 4 is 35.8 Å². The van der Waals surface area contributed by atoms with Crippen LogP contribution in [0.2, 0.25) is 0 Å². The van der Waals surface area contributed by atoms with Gasteiger partial charge >= 0.3 is 0 Å². The van der Waals surface area contributed by atoms with Gasteiger partial charge in [-0.15, -0.1) is 24.8 Å². The zero-order valence-corrected chi connectivity index (χ0v) is 5.91. The fourth-order valence-corrected chi connectivity index (χ4v) is 0.385. The van der Waals surface area contributed by atoms with Gasteiger partial charge in [-0.3, -0.25) is 0 Å². The van der Waals surface area contributed by atoms with Crippen molar-refractivity contribution in [1.82, 2.24) is 0 Å². The Labute approximate surface area is 79.9 Å².